The molecule has 56 valence electrons. The van der Waals surface area contributed by atoms with Crippen LogP contribution in [-0.4, -0.2) is 0 Å². The van der Waals surface area contributed by atoms with E-state index in [0.29, 0.717) is 5.92 Å². The first-order chi connectivity index (χ1) is 4.84. The molecule has 1 aliphatic heterocycles. The van der Waals surface area contributed by atoms with E-state index < -0.39 is 0 Å². The van der Waals surface area contributed by atoms with Gasteiger partial charge in [0.2, 0.25) is 0 Å². The highest BCUT2D eigenvalue weighted by molar-refractivity contribution is 5.03. The molecule has 0 bridgehead atoms. The summed E-state index contributed by atoms with van der Waals surface area (Å²) in [5, 5.41) is 2.98. The Balaban J connectivity index is 2.47. The smallest absolute Gasteiger partial charge is 0.122 e. The van der Waals surface area contributed by atoms with Crippen LogP contribution in [0.3, 0.4) is 0 Å². The van der Waals surface area contributed by atoms with Gasteiger partial charge in [-0.2, -0.15) is 0 Å². The number of nitrogens with one attached hydrogen (secondary N) is 1. The zero-order valence-corrected chi connectivity index (χ0v) is 6.42. The average Bonchev–Trinajstić information content (AvgIpc) is 2.05. The van der Waals surface area contributed by atoms with E-state index in [-0.39, 0.29) is 0 Å². The van der Waals surface area contributed by atoms with Crippen LogP contribution in [0.5, 0.6) is 0 Å². The lowest BCUT2D eigenvalue weighted by atomic mass is 10.1. The zero-order chi connectivity index (χ0) is 7.40. The van der Waals surface area contributed by atoms with Crippen LogP contribution in [0.15, 0.2) is 24.4 Å². The minimum atomic E-state index is 0.512. The second kappa shape index (κ2) is 3.30. The summed E-state index contributed by atoms with van der Waals surface area (Å²) in [4.78, 5) is 0. The number of rotatable bonds is 2. The van der Waals surface area contributed by atoms with E-state index in [4.69, 9.17) is 4.74 Å². The van der Waals surface area contributed by atoms with Gasteiger partial charge in [-0.05, 0) is 6.42 Å². The maximum atomic E-state index is 5.25. The lowest BCUT2D eigenvalue weighted by molar-refractivity contribution is 0.282. The first kappa shape index (κ1) is 7.19. The average molecular weight is 139 g/mol. The summed E-state index contributed by atoms with van der Waals surface area (Å²) in [5.41, 5.74) is 0. The van der Waals surface area contributed by atoms with Crippen LogP contribution in [0.2, 0.25) is 0 Å². The highest BCUT2D eigenvalue weighted by atomic mass is 16.5. The van der Waals surface area contributed by atoms with E-state index in [1.807, 2.05) is 6.20 Å². The molecule has 0 aliphatic carbocycles. The van der Waals surface area contributed by atoms with Gasteiger partial charge in [0.05, 0.1) is 0 Å². The quantitative estimate of drug-likeness (QED) is 0.631. The van der Waals surface area contributed by atoms with Crippen molar-refractivity contribution in [2.45, 2.75) is 20.3 Å². The molecule has 0 amide bonds. The number of ether oxygens (including phenoxy) is 1. The third kappa shape index (κ3) is 1.53. The van der Waals surface area contributed by atoms with Crippen LogP contribution in [0, 0.1) is 5.92 Å². The molecule has 10 heavy (non-hydrogen) atoms. The Labute approximate surface area is 61.6 Å². The predicted molar refractivity (Wildman–Crippen MR) is 40.9 cm³/mol. The molecule has 1 unspecified atom stereocenters. The molecule has 1 aliphatic rings. The highest BCUT2D eigenvalue weighted by Gasteiger charge is 2.07. The third-order valence-corrected chi connectivity index (χ3v) is 1.69. The largest absolute Gasteiger partial charge is 0.466 e. The first-order valence-corrected chi connectivity index (χ1v) is 3.62. The molecule has 0 saturated carbocycles. The fourth-order valence-corrected chi connectivity index (χ4v) is 0.776. The van der Waals surface area contributed by atoms with Crippen molar-refractivity contribution in [2.75, 3.05) is 0 Å². The zero-order valence-electron chi connectivity index (χ0n) is 6.42. The fourth-order valence-electron chi connectivity index (χ4n) is 0.776. The van der Waals surface area contributed by atoms with E-state index in [9.17, 15) is 0 Å². The third-order valence-electron chi connectivity index (χ3n) is 1.69. The maximum absolute atomic E-state index is 5.25. The Morgan fingerprint density at radius 1 is 1.70 bits per heavy atom. The number of hydrogen-bond donors (Lipinski definition) is 1. The minimum absolute atomic E-state index is 0.512. The molecule has 1 rings (SSSR count). The minimum Gasteiger partial charge on any atom is -0.466 e. The molecule has 0 aromatic carbocycles. The summed E-state index contributed by atoms with van der Waals surface area (Å²) in [6, 6.07) is 0. The SMILES string of the molecule is CCC(C)C1=CNC=CO1. The fraction of sp³-hybridized carbons (Fsp3) is 0.500. The molecular weight excluding hydrogens is 126 g/mol. The highest BCUT2D eigenvalue weighted by Crippen LogP contribution is 2.16. The molecule has 1 atom stereocenters. The van der Waals surface area contributed by atoms with Gasteiger partial charge in [-0.3, -0.25) is 0 Å². The molecule has 0 radical (unpaired) electrons. The van der Waals surface area contributed by atoms with E-state index in [2.05, 4.69) is 19.2 Å². The van der Waals surface area contributed by atoms with Gasteiger partial charge in [-0.1, -0.05) is 13.8 Å². The summed E-state index contributed by atoms with van der Waals surface area (Å²) in [6.07, 6.45) is 6.45. The van der Waals surface area contributed by atoms with E-state index in [1.165, 1.54) is 0 Å². The van der Waals surface area contributed by atoms with Crippen LogP contribution in [0.4, 0.5) is 0 Å². The van der Waals surface area contributed by atoms with Crippen LogP contribution < -0.4 is 5.32 Å². The summed E-state index contributed by atoms with van der Waals surface area (Å²) in [7, 11) is 0. The summed E-state index contributed by atoms with van der Waals surface area (Å²) in [6.45, 7) is 4.29. The van der Waals surface area contributed by atoms with E-state index in [1.54, 1.807) is 12.5 Å². The first-order valence-electron chi connectivity index (χ1n) is 3.62. The van der Waals surface area contributed by atoms with E-state index >= 15 is 0 Å². The molecule has 0 fully saturated rings. The topological polar surface area (TPSA) is 21.3 Å². The predicted octanol–water partition coefficient (Wildman–Crippen LogP) is 1.96. The summed E-state index contributed by atoms with van der Waals surface area (Å²) < 4.78 is 5.25. The molecular formula is C8H13NO. The van der Waals surface area contributed by atoms with Gasteiger partial charge in [-0.15, -0.1) is 0 Å². The molecule has 0 aromatic rings. The standard InChI is InChI=1S/C8H13NO/c1-3-7(2)8-6-9-4-5-10-8/h4-7,9H,3H2,1-2H3. The Morgan fingerprint density at radius 3 is 3.00 bits per heavy atom. The van der Waals surface area contributed by atoms with Crippen LogP contribution in [-0.2, 0) is 4.74 Å². The molecule has 1 heterocycles. The molecule has 0 aromatic heterocycles. The second-order valence-corrected chi connectivity index (χ2v) is 2.44. The molecule has 1 N–H and O–H groups in total. The van der Waals surface area contributed by atoms with Crippen molar-refractivity contribution in [2.24, 2.45) is 5.92 Å². The van der Waals surface area contributed by atoms with Crippen LogP contribution >= 0.6 is 0 Å². The van der Waals surface area contributed by atoms with Crippen molar-refractivity contribution in [1.82, 2.24) is 5.32 Å². The van der Waals surface area contributed by atoms with Gasteiger partial charge in [0, 0.05) is 18.3 Å². The van der Waals surface area contributed by atoms with Gasteiger partial charge in [0.25, 0.3) is 0 Å². The molecule has 2 nitrogen and oxygen atoms in total. The lowest BCUT2D eigenvalue weighted by Gasteiger charge is -2.15. The van der Waals surface area contributed by atoms with Crippen molar-refractivity contribution in [3.63, 3.8) is 0 Å². The molecule has 2 heteroatoms. The Bertz CT molecular complexity index is 161. The van der Waals surface area contributed by atoms with Crippen molar-refractivity contribution >= 4 is 0 Å². The van der Waals surface area contributed by atoms with E-state index in [0.717, 1.165) is 12.2 Å². The summed E-state index contributed by atoms with van der Waals surface area (Å²) in [5.74, 6) is 1.53. The van der Waals surface area contributed by atoms with Crippen molar-refractivity contribution in [3.8, 4) is 0 Å². The van der Waals surface area contributed by atoms with Crippen molar-refractivity contribution in [1.29, 1.82) is 0 Å². The van der Waals surface area contributed by atoms with Gasteiger partial charge in [0.15, 0.2) is 0 Å². The Morgan fingerprint density at radius 2 is 2.50 bits per heavy atom. The normalized spacial score (nSPS) is 18.8. The van der Waals surface area contributed by atoms with Crippen LogP contribution in [0.25, 0.3) is 0 Å². The maximum Gasteiger partial charge on any atom is 0.122 e. The summed E-state index contributed by atoms with van der Waals surface area (Å²) >= 11 is 0. The van der Waals surface area contributed by atoms with Crippen molar-refractivity contribution in [3.05, 3.63) is 24.4 Å². The van der Waals surface area contributed by atoms with Gasteiger partial charge in [-0.25, -0.2) is 0 Å². The van der Waals surface area contributed by atoms with Crippen LogP contribution in [0.1, 0.15) is 20.3 Å². The van der Waals surface area contributed by atoms with Gasteiger partial charge >= 0.3 is 0 Å². The monoisotopic (exact) mass is 139 g/mol. The number of allylic oxidation sites excluding steroid dienone is 1. The molecule has 0 saturated heterocycles. The second-order valence-electron chi connectivity index (χ2n) is 2.44. The Kier molecular flexibility index (Phi) is 2.37. The van der Waals surface area contributed by atoms with Gasteiger partial charge in [0.1, 0.15) is 12.0 Å². The van der Waals surface area contributed by atoms with Gasteiger partial charge < -0.3 is 10.1 Å². The number of hydrogen-bond acceptors (Lipinski definition) is 2. The van der Waals surface area contributed by atoms with Crippen molar-refractivity contribution < 1.29 is 4.74 Å². The lowest BCUT2D eigenvalue weighted by Crippen LogP contribution is -2.08. The Hall–Kier alpha value is -0.920. The molecule has 0 spiro atoms.